The molecule has 0 aliphatic carbocycles. The molecule has 7 nitrogen and oxygen atoms in total. The first kappa shape index (κ1) is 19.4. The van der Waals surface area contributed by atoms with E-state index in [1.54, 1.807) is 12.1 Å². The molecule has 2 rings (SSSR count). The van der Waals surface area contributed by atoms with Gasteiger partial charge in [0, 0.05) is 12.1 Å². The Morgan fingerprint density at radius 3 is 2.60 bits per heavy atom. The normalized spacial score (nSPS) is 29.6. The number of rotatable bonds is 6. The van der Waals surface area contributed by atoms with E-state index in [2.05, 4.69) is 6.58 Å². The van der Waals surface area contributed by atoms with Crippen molar-refractivity contribution in [1.82, 2.24) is 0 Å². The Kier molecular flexibility index (Phi) is 6.57. The number of hydrogen-bond donors (Lipinski definition) is 4. The molecule has 1 aromatic rings. The predicted octanol–water partition coefficient (Wildman–Crippen LogP) is 0.662. The second-order valence-corrected chi connectivity index (χ2v) is 5.90. The molecule has 1 aliphatic rings. The summed E-state index contributed by atoms with van der Waals surface area (Å²) in [6.45, 7) is 7.40. The van der Waals surface area contributed by atoms with Crippen molar-refractivity contribution in [3.8, 4) is 11.5 Å². The van der Waals surface area contributed by atoms with Crippen LogP contribution in [0.1, 0.15) is 18.1 Å². The van der Waals surface area contributed by atoms with Crippen molar-refractivity contribution in [2.75, 3.05) is 6.54 Å². The summed E-state index contributed by atoms with van der Waals surface area (Å²) in [7, 11) is 0. The summed E-state index contributed by atoms with van der Waals surface area (Å²) in [6, 6.07) is 2.79. The van der Waals surface area contributed by atoms with Gasteiger partial charge in [0.1, 0.15) is 23.7 Å². The van der Waals surface area contributed by atoms with Crippen molar-refractivity contribution in [3.05, 3.63) is 42.2 Å². The van der Waals surface area contributed by atoms with Crippen LogP contribution in [-0.2, 0) is 4.74 Å². The van der Waals surface area contributed by atoms with Gasteiger partial charge in [-0.2, -0.15) is 0 Å². The highest BCUT2D eigenvalue weighted by molar-refractivity contribution is 5.61. The van der Waals surface area contributed by atoms with Crippen molar-refractivity contribution in [3.63, 3.8) is 0 Å². The molecule has 0 radical (unpaired) electrons. The van der Waals surface area contributed by atoms with Gasteiger partial charge in [-0.15, -0.1) is 0 Å². The number of nitrogens with two attached hydrogens (primary N) is 2. The van der Waals surface area contributed by atoms with Crippen molar-refractivity contribution >= 4 is 6.08 Å². The van der Waals surface area contributed by atoms with Crippen molar-refractivity contribution in [2.45, 2.75) is 44.5 Å². The zero-order valence-corrected chi connectivity index (χ0v) is 14.5. The van der Waals surface area contributed by atoms with Crippen LogP contribution in [0, 0.1) is 6.92 Å². The molecule has 1 aliphatic heterocycles. The third-order valence-corrected chi connectivity index (χ3v) is 4.10. The monoisotopic (exact) mass is 350 g/mol. The summed E-state index contributed by atoms with van der Waals surface area (Å²) in [4.78, 5) is 0. The molecule has 1 heterocycles. The summed E-state index contributed by atoms with van der Waals surface area (Å²) < 4.78 is 16.8. The lowest BCUT2D eigenvalue weighted by atomic mass is 9.97. The zero-order valence-electron chi connectivity index (χ0n) is 14.5. The van der Waals surface area contributed by atoms with Crippen LogP contribution in [0.25, 0.3) is 6.08 Å². The minimum absolute atomic E-state index is 0.111. The number of benzene rings is 1. The van der Waals surface area contributed by atoms with Crippen LogP contribution >= 0.6 is 0 Å². The highest BCUT2D eigenvalue weighted by atomic mass is 16.7. The second kappa shape index (κ2) is 8.46. The molecule has 1 saturated heterocycles. The largest absolute Gasteiger partial charge is 0.465 e. The Hall–Kier alpha value is -1.90. The van der Waals surface area contributed by atoms with E-state index in [1.807, 2.05) is 26.0 Å². The molecule has 6 N–H and O–H groups in total. The smallest absolute Gasteiger partial charge is 0.229 e. The molecule has 0 bridgehead atoms. The van der Waals surface area contributed by atoms with Crippen LogP contribution in [0.5, 0.6) is 11.5 Å². The zero-order chi connectivity index (χ0) is 18.6. The van der Waals surface area contributed by atoms with Gasteiger partial charge in [-0.3, -0.25) is 0 Å². The molecule has 1 fully saturated rings. The fraction of sp³-hybridized carbons (Fsp3) is 0.444. The van der Waals surface area contributed by atoms with Crippen LogP contribution in [-0.4, -0.2) is 47.4 Å². The Morgan fingerprint density at radius 2 is 2.00 bits per heavy atom. The van der Waals surface area contributed by atoms with Gasteiger partial charge in [0.05, 0.1) is 18.4 Å². The Labute approximate surface area is 147 Å². The molecule has 3 unspecified atom stereocenters. The number of aliphatic hydroxyl groups is 2. The van der Waals surface area contributed by atoms with Gasteiger partial charge in [0.15, 0.2) is 0 Å². The first-order chi connectivity index (χ1) is 11.9. The number of aliphatic hydroxyl groups excluding tert-OH is 2. The molecule has 7 heteroatoms. The average Bonchev–Trinajstić information content (AvgIpc) is 2.59. The number of aryl methyl sites for hydroxylation is 1. The fourth-order valence-electron chi connectivity index (χ4n) is 2.69. The molecular weight excluding hydrogens is 324 g/mol. The van der Waals surface area contributed by atoms with Crippen LogP contribution in [0.3, 0.4) is 0 Å². The standard InChI is InChI=1S/C18H26N2O5/c1-4-6-11-8-12(10(3)7-13(11)23-5-2)24-18-17(22)16(21)15(20)14(9-19)25-18/h4-8,14-18,21-22H,2,9,19-20H2,1,3H3/b6-4-/t14?,15-,16?,17-,18?/m1/s1. The number of hydrogen-bond acceptors (Lipinski definition) is 7. The maximum Gasteiger partial charge on any atom is 0.229 e. The molecule has 0 amide bonds. The molecule has 5 atom stereocenters. The lowest BCUT2D eigenvalue weighted by molar-refractivity contribution is -0.239. The summed E-state index contributed by atoms with van der Waals surface area (Å²) in [5, 5.41) is 20.3. The van der Waals surface area contributed by atoms with Gasteiger partial charge in [-0.05, 0) is 31.5 Å². The van der Waals surface area contributed by atoms with E-state index in [-0.39, 0.29) is 6.54 Å². The highest BCUT2D eigenvalue weighted by Gasteiger charge is 2.43. The van der Waals surface area contributed by atoms with Crippen LogP contribution in [0.15, 0.2) is 31.0 Å². The lowest BCUT2D eigenvalue weighted by Crippen LogP contribution is -2.64. The summed E-state index contributed by atoms with van der Waals surface area (Å²) in [5.41, 5.74) is 13.0. The van der Waals surface area contributed by atoms with E-state index < -0.39 is 30.6 Å². The molecule has 25 heavy (non-hydrogen) atoms. The van der Waals surface area contributed by atoms with E-state index in [1.165, 1.54) is 6.26 Å². The maximum absolute atomic E-state index is 10.2. The van der Waals surface area contributed by atoms with Gasteiger partial charge >= 0.3 is 0 Å². The third-order valence-electron chi connectivity index (χ3n) is 4.10. The van der Waals surface area contributed by atoms with Gasteiger partial charge in [0.25, 0.3) is 0 Å². The van der Waals surface area contributed by atoms with Crippen LogP contribution in [0.4, 0.5) is 0 Å². The second-order valence-electron chi connectivity index (χ2n) is 5.90. The Balaban J connectivity index is 2.29. The van der Waals surface area contributed by atoms with Crippen molar-refractivity contribution in [2.24, 2.45) is 11.5 Å². The van der Waals surface area contributed by atoms with Crippen LogP contribution in [0.2, 0.25) is 0 Å². The van der Waals surface area contributed by atoms with Gasteiger partial charge in [0.2, 0.25) is 6.29 Å². The van der Waals surface area contributed by atoms with Crippen molar-refractivity contribution in [1.29, 1.82) is 0 Å². The first-order valence-electron chi connectivity index (χ1n) is 8.11. The lowest BCUT2D eigenvalue weighted by Gasteiger charge is -2.40. The van der Waals surface area contributed by atoms with Gasteiger partial charge < -0.3 is 35.9 Å². The van der Waals surface area contributed by atoms with E-state index in [0.717, 1.165) is 11.1 Å². The fourth-order valence-corrected chi connectivity index (χ4v) is 2.69. The molecule has 0 aromatic heterocycles. The summed E-state index contributed by atoms with van der Waals surface area (Å²) in [5.74, 6) is 1.12. The quantitative estimate of drug-likeness (QED) is 0.556. The maximum atomic E-state index is 10.2. The molecular formula is C18H26N2O5. The molecule has 138 valence electrons. The third kappa shape index (κ3) is 4.20. The molecule has 0 spiro atoms. The van der Waals surface area contributed by atoms with Gasteiger partial charge in [-0.25, -0.2) is 0 Å². The van der Waals surface area contributed by atoms with E-state index in [4.69, 9.17) is 25.7 Å². The number of allylic oxidation sites excluding steroid dienone is 1. The first-order valence-corrected chi connectivity index (χ1v) is 8.11. The van der Waals surface area contributed by atoms with Gasteiger partial charge in [-0.1, -0.05) is 18.7 Å². The highest BCUT2D eigenvalue weighted by Crippen LogP contribution is 2.32. The minimum atomic E-state index is -1.29. The Bertz CT molecular complexity index is 632. The number of ether oxygens (including phenoxy) is 3. The minimum Gasteiger partial charge on any atom is -0.465 e. The topological polar surface area (TPSA) is 120 Å². The predicted molar refractivity (Wildman–Crippen MR) is 95.0 cm³/mol. The van der Waals surface area contributed by atoms with Crippen LogP contribution < -0.4 is 20.9 Å². The summed E-state index contributed by atoms with van der Waals surface area (Å²) in [6.07, 6.45) is 0.909. The van der Waals surface area contributed by atoms with E-state index in [9.17, 15) is 10.2 Å². The SMILES string of the molecule is C=COc1cc(C)c(OC2OC(CN)[C@@H](N)C(O)[C@H]2O)cc1/C=C\C. The molecule has 1 aromatic carbocycles. The van der Waals surface area contributed by atoms with Crippen molar-refractivity contribution < 1.29 is 24.4 Å². The van der Waals surface area contributed by atoms with E-state index >= 15 is 0 Å². The average molecular weight is 350 g/mol. The molecule has 0 saturated carbocycles. The Morgan fingerprint density at radius 1 is 1.28 bits per heavy atom. The van der Waals surface area contributed by atoms with E-state index in [0.29, 0.717) is 11.5 Å². The summed E-state index contributed by atoms with van der Waals surface area (Å²) >= 11 is 0.